The number of carbonyl (C=O) groups excluding carboxylic acids is 1. The zero-order valence-electron chi connectivity index (χ0n) is 18.8. The Labute approximate surface area is 191 Å². The van der Waals surface area contributed by atoms with Gasteiger partial charge in [0.05, 0.1) is 10.6 Å². The van der Waals surface area contributed by atoms with Gasteiger partial charge in [-0.3, -0.25) is 9.10 Å². The SMILES string of the molecule is Cc1ccc(CCCNC(=O)CN(c2cccc(C)c2C)S(=O)(=O)c2ccccc2)cc1. The van der Waals surface area contributed by atoms with Crippen LogP contribution in [0, 0.1) is 20.8 Å². The van der Waals surface area contributed by atoms with Crippen molar-refractivity contribution in [2.75, 3.05) is 17.4 Å². The van der Waals surface area contributed by atoms with Crippen LogP contribution < -0.4 is 9.62 Å². The zero-order valence-corrected chi connectivity index (χ0v) is 19.7. The fraction of sp³-hybridized carbons (Fsp3) is 0.269. The molecular formula is C26H30N2O3S. The van der Waals surface area contributed by atoms with Crippen molar-refractivity contribution in [1.29, 1.82) is 0 Å². The minimum absolute atomic E-state index is 0.160. The maximum atomic E-state index is 13.4. The molecule has 1 amide bonds. The van der Waals surface area contributed by atoms with Crippen molar-refractivity contribution in [2.45, 2.75) is 38.5 Å². The van der Waals surface area contributed by atoms with E-state index in [-0.39, 0.29) is 17.3 Å². The van der Waals surface area contributed by atoms with Gasteiger partial charge in [-0.1, -0.05) is 60.2 Å². The molecule has 0 fully saturated rings. The average Bonchev–Trinajstić information content (AvgIpc) is 2.79. The first-order valence-corrected chi connectivity index (χ1v) is 12.2. The first kappa shape index (κ1) is 23.5. The fourth-order valence-electron chi connectivity index (χ4n) is 3.49. The third-order valence-corrected chi connectivity index (χ3v) is 7.32. The Kier molecular flexibility index (Phi) is 7.70. The van der Waals surface area contributed by atoms with E-state index in [2.05, 4.69) is 36.5 Å². The van der Waals surface area contributed by atoms with Crippen molar-refractivity contribution in [3.63, 3.8) is 0 Å². The monoisotopic (exact) mass is 450 g/mol. The van der Waals surface area contributed by atoms with Crippen LogP contribution in [0.15, 0.2) is 77.7 Å². The Bertz CT molecular complexity index is 1160. The van der Waals surface area contributed by atoms with E-state index in [0.717, 1.165) is 24.0 Å². The van der Waals surface area contributed by atoms with Crippen molar-refractivity contribution >= 4 is 21.6 Å². The van der Waals surface area contributed by atoms with Crippen molar-refractivity contribution in [3.05, 3.63) is 95.1 Å². The van der Waals surface area contributed by atoms with Gasteiger partial charge in [-0.15, -0.1) is 0 Å². The maximum absolute atomic E-state index is 13.4. The molecule has 0 saturated heterocycles. The molecule has 5 nitrogen and oxygen atoms in total. The molecule has 3 aromatic carbocycles. The Balaban J connectivity index is 1.73. The van der Waals surface area contributed by atoms with Crippen LogP contribution >= 0.6 is 0 Å². The predicted molar refractivity (Wildman–Crippen MR) is 129 cm³/mol. The molecule has 6 heteroatoms. The normalized spacial score (nSPS) is 11.2. The Hall–Kier alpha value is -3.12. The van der Waals surface area contributed by atoms with Gasteiger partial charge < -0.3 is 5.32 Å². The molecule has 0 aromatic heterocycles. The molecule has 1 N–H and O–H groups in total. The van der Waals surface area contributed by atoms with Crippen LogP contribution in [0.25, 0.3) is 0 Å². The summed E-state index contributed by atoms with van der Waals surface area (Å²) >= 11 is 0. The van der Waals surface area contributed by atoms with E-state index < -0.39 is 10.0 Å². The van der Waals surface area contributed by atoms with Crippen molar-refractivity contribution < 1.29 is 13.2 Å². The maximum Gasteiger partial charge on any atom is 0.264 e. The molecule has 32 heavy (non-hydrogen) atoms. The Morgan fingerprint density at radius 3 is 2.25 bits per heavy atom. The number of benzene rings is 3. The number of amides is 1. The molecule has 0 aliphatic carbocycles. The van der Waals surface area contributed by atoms with Gasteiger partial charge in [0.2, 0.25) is 5.91 Å². The highest BCUT2D eigenvalue weighted by atomic mass is 32.2. The number of anilines is 1. The smallest absolute Gasteiger partial charge is 0.264 e. The van der Waals surface area contributed by atoms with Gasteiger partial charge in [0.25, 0.3) is 10.0 Å². The van der Waals surface area contributed by atoms with Crippen LogP contribution in [-0.2, 0) is 21.2 Å². The van der Waals surface area contributed by atoms with E-state index in [1.54, 1.807) is 36.4 Å². The number of hydrogen-bond donors (Lipinski definition) is 1. The van der Waals surface area contributed by atoms with Crippen molar-refractivity contribution in [2.24, 2.45) is 0 Å². The number of nitrogens with zero attached hydrogens (tertiary/aromatic N) is 1. The molecule has 3 rings (SSSR count). The second-order valence-electron chi connectivity index (χ2n) is 7.98. The predicted octanol–water partition coefficient (Wildman–Crippen LogP) is 4.56. The molecule has 0 spiro atoms. The molecule has 0 atom stereocenters. The number of nitrogens with one attached hydrogen (secondary N) is 1. The summed E-state index contributed by atoms with van der Waals surface area (Å²) in [7, 11) is -3.89. The Morgan fingerprint density at radius 1 is 0.875 bits per heavy atom. The second kappa shape index (κ2) is 10.5. The summed E-state index contributed by atoms with van der Waals surface area (Å²) in [6.07, 6.45) is 1.63. The van der Waals surface area contributed by atoms with E-state index in [0.29, 0.717) is 12.2 Å². The number of rotatable bonds is 9. The van der Waals surface area contributed by atoms with Gasteiger partial charge in [-0.25, -0.2) is 8.42 Å². The Morgan fingerprint density at radius 2 is 1.56 bits per heavy atom. The zero-order chi connectivity index (χ0) is 23.1. The highest BCUT2D eigenvalue weighted by Gasteiger charge is 2.28. The van der Waals surface area contributed by atoms with Crippen LogP contribution in [0.3, 0.4) is 0 Å². The van der Waals surface area contributed by atoms with Gasteiger partial charge in [0, 0.05) is 6.54 Å². The van der Waals surface area contributed by atoms with Gasteiger partial charge in [0.15, 0.2) is 0 Å². The lowest BCUT2D eigenvalue weighted by atomic mass is 10.1. The van der Waals surface area contributed by atoms with Gasteiger partial charge in [-0.2, -0.15) is 0 Å². The van der Waals surface area contributed by atoms with E-state index in [4.69, 9.17) is 0 Å². The summed E-state index contributed by atoms with van der Waals surface area (Å²) in [6.45, 7) is 6.06. The quantitative estimate of drug-likeness (QED) is 0.486. The molecular weight excluding hydrogens is 420 g/mol. The first-order chi connectivity index (χ1) is 15.3. The van der Waals surface area contributed by atoms with Gasteiger partial charge >= 0.3 is 0 Å². The lowest BCUT2D eigenvalue weighted by Crippen LogP contribution is -2.41. The van der Waals surface area contributed by atoms with E-state index in [1.807, 2.05) is 26.0 Å². The highest BCUT2D eigenvalue weighted by Crippen LogP contribution is 2.28. The third-order valence-electron chi connectivity index (χ3n) is 5.55. The lowest BCUT2D eigenvalue weighted by Gasteiger charge is -2.26. The summed E-state index contributed by atoms with van der Waals surface area (Å²) in [4.78, 5) is 12.9. The summed E-state index contributed by atoms with van der Waals surface area (Å²) in [5.41, 5.74) is 4.75. The molecule has 0 radical (unpaired) electrons. The molecule has 0 bridgehead atoms. The average molecular weight is 451 g/mol. The van der Waals surface area contributed by atoms with Crippen LogP contribution in [0.2, 0.25) is 0 Å². The topological polar surface area (TPSA) is 66.5 Å². The van der Waals surface area contributed by atoms with Crippen LogP contribution in [0.4, 0.5) is 5.69 Å². The third kappa shape index (κ3) is 5.77. The largest absolute Gasteiger partial charge is 0.355 e. The van der Waals surface area contributed by atoms with Crippen molar-refractivity contribution in [1.82, 2.24) is 5.32 Å². The molecule has 0 aliphatic heterocycles. The lowest BCUT2D eigenvalue weighted by molar-refractivity contribution is -0.119. The minimum Gasteiger partial charge on any atom is -0.355 e. The fourth-order valence-corrected chi connectivity index (χ4v) is 4.99. The second-order valence-corrected chi connectivity index (χ2v) is 9.85. The molecule has 0 heterocycles. The van der Waals surface area contributed by atoms with Gasteiger partial charge in [-0.05, 0) is 68.5 Å². The molecule has 168 valence electrons. The standard InChI is InChI=1S/C26H30N2O3S/c1-20-14-16-23(17-15-20)10-8-18-27-26(29)19-28(25-13-7-9-21(2)22(25)3)32(30,31)24-11-5-4-6-12-24/h4-7,9,11-17H,8,10,18-19H2,1-3H3,(H,27,29). The highest BCUT2D eigenvalue weighted by molar-refractivity contribution is 7.92. The summed E-state index contributed by atoms with van der Waals surface area (Å²) < 4.78 is 28.0. The summed E-state index contributed by atoms with van der Waals surface area (Å²) in [6, 6.07) is 22.0. The summed E-state index contributed by atoms with van der Waals surface area (Å²) in [5, 5.41) is 2.88. The number of carbonyl (C=O) groups is 1. The molecule has 0 aliphatic rings. The van der Waals surface area contributed by atoms with Crippen LogP contribution in [-0.4, -0.2) is 27.4 Å². The molecule has 3 aromatic rings. The van der Waals surface area contributed by atoms with Crippen LogP contribution in [0.5, 0.6) is 0 Å². The first-order valence-electron chi connectivity index (χ1n) is 10.8. The molecule has 0 unspecified atom stereocenters. The van der Waals surface area contributed by atoms with Crippen molar-refractivity contribution in [3.8, 4) is 0 Å². The number of sulfonamides is 1. The van der Waals surface area contributed by atoms with E-state index in [9.17, 15) is 13.2 Å². The van der Waals surface area contributed by atoms with E-state index in [1.165, 1.54) is 15.4 Å². The van der Waals surface area contributed by atoms with Crippen LogP contribution in [0.1, 0.15) is 28.7 Å². The van der Waals surface area contributed by atoms with E-state index >= 15 is 0 Å². The molecule has 0 saturated carbocycles. The number of hydrogen-bond acceptors (Lipinski definition) is 3. The minimum atomic E-state index is -3.89. The number of aryl methyl sites for hydroxylation is 3. The van der Waals surface area contributed by atoms with Gasteiger partial charge in [0.1, 0.15) is 6.54 Å². The summed E-state index contributed by atoms with van der Waals surface area (Å²) in [5.74, 6) is -0.325.